The zero-order valence-corrected chi connectivity index (χ0v) is 15.6. The number of amides is 2. The van der Waals surface area contributed by atoms with Crippen molar-refractivity contribution in [1.82, 2.24) is 4.98 Å². The summed E-state index contributed by atoms with van der Waals surface area (Å²) < 4.78 is 5.56. The highest BCUT2D eigenvalue weighted by atomic mass is 16.5. The van der Waals surface area contributed by atoms with Gasteiger partial charge in [0.1, 0.15) is 5.75 Å². The topological polar surface area (TPSA) is 74.4 Å². The van der Waals surface area contributed by atoms with Crippen LogP contribution in [0.25, 0.3) is 10.9 Å². The van der Waals surface area contributed by atoms with Crippen LogP contribution in [-0.4, -0.2) is 29.9 Å². The van der Waals surface area contributed by atoms with Crippen LogP contribution in [0.4, 0.5) is 11.4 Å². The van der Waals surface area contributed by atoms with Crippen molar-refractivity contribution in [2.45, 2.75) is 13.3 Å². The third kappa shape index (κ3) is 3.49. The lowest BCUT2D eigenvalue weighted by atomic mass is 10.1. The first-order valence-corrected chi connectivity index (χ1v) is 9.07. The molecule has 0 fully saturated rings. The van der Waals surface area contributed by atoms with E-state index < -0.39 is 0 Å². The first-order chi connectivity index (χ1) is 13.5. The summed E-state index contributed by atoms with van der Waals surface area (Å²) in [4.78, 5) is 29.5. The number of carbonyl (C=O) groups excluding carboxylic acids is 2. The van der Waals surface area contributed by atoms with Gasteiger partial charge in [0.2, 0.25) is 5.91 Å². The van der Waals surface area contributed by atoms with Gasteiger partial charge in [-0.3, -0.25) is 9.59 Å². The molecule has 0 saturated heterocycles. The fourth-order valence-corrected chi connectivity index (χ4v) is 3.38. The van der Waals surface area contributed by atoms with Crippen molar-refractivity contribution in [3.63, 3.8) is 0 Å². The summed E-state index contributed by atoms with van der Waals surface area (Å²) in [6.45, 7) is 6.18. The number of hydrogen-bond donors (Lipinski definition) is 2. The third-order valence-corrected chi connectivity index (χ3v) is 4.64. The van der Waals surface area contributed by atoms with Crippen LogP contribution in [0.1, 0.15) is 12.5 Å². The Morgan fingerprint density at radius 2 is 2.11 bits per heavy atom. The van der Waals surface area contributed by atoms with E-state index in [9.17, 15) is 9.59 Å². The predicted octanol–water partition coefficient (Wildman–Crippen LogP) is 3.65. The first-order valence-electron chi connectivity index (χ1n) is 9.07. The van der Waals surface area contributed by atoms with Gasteiger partial charge in [-0.25, -0.2) is 0 Å². The summed E-state index contributed by atoms with van der Waals surface area (Å²) in [5, 5.41) is 3.95. The van der Waals surface area contributed by atoms with Gasteiger partial charge in [0.05, 0.1) is 12.1 Å². The van der Waals surface area contributed by atoms with Crippen LogP contribution in [-0.2, 0) is 16.0 Å². The first kappa shape index (κ1) is 17.9. The second kappa shape index (κ2) is 7.23. The fraction of sp³-hybridized carbons (Fsp3) is 0.182. The van der Waals surface area contributed by atoms with Gasteiger partial charge in [-0.2, -0.15) is 0 Å². The number of rotatable bonds is 5. The maximum absolute atomic E-state index is 12.5. The van der Waals surface area contributed by atoms with Crippen LogP contribution in [0.2, 0.25) is 0 Å². The number of H-pyrrole nitrogens is 1. The van der Waals surface area contributed by atoms with Gasteiger partial charge in [-0.05, 0) is 30.7 Å². The number of fused-ring (bicyclic) bond motifs is 2. The average molecular weight is 375 g/mol. The number of aromatic amines is 1. The van der Waals surface area contributed by atoms with Gasteiger partial charge in [-0.15, -0.1) is 0 Å². The van der Waals surface area contributed by atoms with Gasteiger partial charge in [0, 0.05) is 35.4 Å². The molecule has 2 amide bonds. The summed E-state index contributed by atoms with van der Waals surface area (Å²) in [5.74, 6) is 0.354. The maximum atomic E-state index is 12.5. The number of para-hydroxylation sites is 1. The van der Waals surface area contributed by atoms with Crippen molar-refractivity contribution < 1.29 is 14.3 Å². The number of hydrogen-bond acceptors (Lipinski definition) is 3. The molecule has 0 unspecified atom stereocenters. The fourth-order valence-electron chi connectivity index (χ4n) is 3.38. The normalized spacial score (nSPS) is 13.2. The molecule has 0 bridgehead atoms. The molecule has 0 saturated carbocycles. The molecule has 1 aromatic heterocycles. The Morgan fingerprint density at radius 3 is 2.93 bits per heavy atom. The van der Waals surface area contributed by atoms with Crippen LogP contribution in [0.3, 0.4) is 0 Å². The molecule has 0 aliphatic carbocycles. The summed E-state index contributed by atoms with van der Waals surface area (Å²) in [6.07, 6.45) is 2.13. The average Bonchev–Trinajstić information content (AvgIpc) is 3.07. The highest BCUT2D eigenvalue weighted by molar-refractivity contribution is 6.00. The van der Waals surface area contributed by atoms with E-state index in [1.807, 2.05) is 37.4 Å². The smallest absolute Gasteiger partial charge is 0.265 e. The van der Waals surface area contributed by atoms with Crippen LogP contribution in [0.5, 0.6) is 5.75 Å². The quantitative estimate of drug-likeness (QED) is 0.669. The Kier molecular flexibility index (Phi) is 4.61. The molecule has 2 heterocycles. The third-order valence-electron chi connectivity index (χ3n) is 4.64. The summed E-state index contributed by atoms with van der Waals surface area (Å²) in [5.41, 5.74) is 4.16. The Labute approximate surface area is 162 Å². The SMILES string of the molecule is C=C(C)CN1C(=O)COc2cc(NC(=O)Cc3c[nH]c4ccccc34)ccc21. The maximum Gasteiger partial charge on any atom is 0.265 e. The Morgan fingerprint density at radius 1 is 1.29 bits per heavy atom. The number of aromatic nitrogens is 1. The zero-order valence-electron chi connectivity index (χ0n) is 15.6. The molecule has 6 nitrogen and oxygen atoms in total. The number of nitrogens with one attached hydrogen (secondary N) is 2. The van der Waals surface area contributed by atoms with Crippen LogP contribution >= 0.6 is 0 Å². The molecule has 142 valence electrons. The monoisotopic (exact) mass is 375 g/mol. The summed E-state index contributed by atoms with van der Waals surface area (Å²) in [7, 11) is 0. The van der Waals surface area contributed by atoms with Gasteiger partial charge >= 0.3 is 0 Å². The van der Waals surface area contributed by atoms with E-state index in [1.165, 1.54) is 0 Å². The standard InChI is InChI=1S/C22H21N3O3/c1-14(2)12-25-19-8-7-16(10-20(19)28-13-22(25)27)24-21(26)9-15-11-23-18-6-4-3-5-17(15)18/h3-8,10-11,23H,1,9,12-13H2,2H3,(H,24,26). The molecular formula is C22H21N3O3. The second-order valence-electron chi connectivity index (χ2n) is 6.99. The molecule has 4 rings (SSSR count). The van der Waals surface area contributed by atoms with Gasteiger partial charge < -0.3 is 19.9 Å². The predicted molar refractivity (Wildman–Crippen MR) is 110 cm³/mol. The molecule has 3 aromatic rings. The molecule has 2 N–H and O–H groups in total. The van der Waals surface area contributed by atoms with Crippen molar-refractivity contribution in [1.29, 1.82) is 0 Å². The van der Waals surface area contributed by atoms with E-state index in [4.69, 9.17) is 4.74 Å². The van der Waals surface area contributed by atoms with Crippen LogP contribution in [0, 0.1) is 0 Å². The molecule has 6 heteroatoms. The molecule has 1 aliphatic rings. The zero-order chi connectivity index (χ0) is 19.7. The molecular weight excluding hydrogens is 354 g/mol. The Hall–Kier alpha value is -3.54. The number of ether oxygens (including phenoxy) is 1. The Balaban J connectivity index is 1.50. The number of benzene rings is 2. The van der Waals surface area contributed by atoms with Gasteiger partial charge in [-0.1, -0.05) is 30.4 Å². The molecule has 2 aromatic carbocycles. The summed E-state index contributed by atoms with van der Waals surface area (Å²) in [6, 6.07) is 13.2. The molecule has 1 aliphatic heterocycles. The van der Waals surface area contributed by atoms with Crippen LogP contribution in [0.15, 0.2) is 60.8 Å². The minimum absolute atomic E-state index is 0.0208. The number of anilines is 2. The minimum Gasteiger partial charge on any atom is -0.481 e. The largest absolute Gasteiger partial charge is 0.481 e. The lowest BCUT2D eigenvalue weighted by Gasteiger charge is -2.29. The van der Waals surface area contributed by atoms with E-state index in [2.05, 4.69) is 16.9 Å². The molecule has 28 heavy (non-hydrogen) atoms. The van der Waals surface area contributed by atoms with Crippen molar-refractivity contribution in [3.8, 4) is 5.75 Å². The molecule has 0 spiro atoms. The van der Waals surface area contributed by atoms with Crippen molar-refractivity contribution in [2.24, 2.45) is 0 Å². The van der Waals surface area contributed by atoms with Crippen molar-refractivity contribution >= 4 is 34.1 Å². The van der Waals surface area contributed by atoms with E-state index in [1.54, 1.807) is 23.1 Å². The van der Waals surface area contributed by atoms with Gasteiger partial charge in [0.15, 0.2) is 6.61 Å². The van der Waals surface area contributed by atoms with Gasteiger partial charge in [0.25, 0.3) is 5.91 Å². The molecule has 0 radical (unpaired) electrons. The lowest BCUT2D eigenvalue weighted by Crippen LogP contribution is -2.39. The molecule has 0 atom stereocenters. The lowest BCUT2D eigenvalue weighted by molar-refractivity contribution is -0.121. The van der Waals surface area contributed by atoms with E-state index >= 15 is 0 Å². The minimum atomic E-state index is -0.115. The highest BCUT2D eigenvalue weighted by Crippen LogP contribution is 2.35. The number of carbonyl (C=O) groups is 2. The van der Waals surface area contributed by atoms with Crippen molar-refractivity contribution in [2.75, 3.05) is 23.4 Å². The highest BCUT2D eigenvalue weighted by Gasteiger charge is 2.25. The van der Waals surface area contributed by atoms with Crippen LogP contribution < -0.4 is 15.0 Å². The van der Waals surface area contributed by atoms with E-state index in [0.717, 1.165) is 22.0 Å². The number of nitrogens with zero attached hydrogens (tertiary/aromatic N) is 1. The van der Waals surface area contributed by atoms with E-state index in [-0.39, 0.29) is 24.8 Å². The second-order valence-corrected chi connectivity index (χ2v) is 6.99. The van der Waals surface area contributed by atoms with Crippen molar-refractivity contribution in [3.05, 3.63) is 66.4 Å². The van der Waals surface area contributed by atoms with E-state index in [0.29, 0.717) is 23.7 Å². The summed E-state index contributed by atoms with van der Waals surface area (Å²) >= 11 is 0. The Bertz CT molecular complexity index is 1080.